The van der Waals surface area contributed by atoms with Crippen LogP contribution in [0.1, 0.15) is 27.5 Å². The van der Waals surface area contributed by atoms with Gasteiger partial charge in [0.2, 0.25) is 11.8 Å². The van der Waals surface area contributed by atoms with E-state index in [0.717, 1.165) is 32.3 Å². The van der Waals surface area contributed by atoms with E-state index in [1.165, 1.54) is 23.5 Å². The topological polar surface area (TPSA) is 110 Å². The molecular formula is C27H22FN5O3S. The van der Waals surface area contributed by atoms with Crippen LogP contribution in [-0.4, -0.2) is 38.1 Å². The number of hydrogen-bond acceptors (Lipinski definition) is 8. The Kier molecular flexibility index (Phi) is 7.00. The number of nitrogens with one attached hydrogen (secondary N) is 1. The molecule has 2 N–H and O–H groups in total. The minimum absolute atomic E-state index is 0.160. The molecule has 3 aromatic heterocycles. The van der Waals surface area contributed by atoms with Crippen LogP contribution in [-0.2, 0) is 24.1 Å². The maximum Gasteiger partial charge on any atom is 0.307 e. The van der Waals surface area contributed by atoms with Crippen LogP contribution in [0.15, 0.2) is 66.7 Å². The number of methoxy groups -OCH3 is 1. The third kappa shape index (κ3) is 6.04. The normalized spacial score (nSPS) is 11.0. The highest BCUT2D eigenvalue weighted by molar-refractivity contribution is 7.18. The van der Waals surface area contributed by atoms with Gasteiger partial charge < -0.3 is 15.2 Å². The average molecular weight is 516 g/mol. The minimum atomic E-state index is -1.02. The SMILES string of the molecule is COc1ccc2nc(Cc3cc(Cc4ccccc4)nc(Nc4ccc(CC(=O)O)cc4F)n3)sc2n1. The van der Waals surface area contributed by atoms with E-state index in [-0.39, 0.29) is 18.1 Å². The van der Waals surface area contributed by atoms with Crippen LogP contribution in [0.2, 0.25) is 0 Å². The fraction of sp³-hybridized carbons (Fsp3) is 0.148. The van der Waals surface area contributed by atoms with Crippen molar-refractivity contribution in [2.45, 2.75) is 19.3 Å². The Morgan fingerprint density at radius 2 is 1.73 bits per heavy atom. The predicted molar refractivity (Wildman–Crippen MR) is 139 cm³/mol. The van der Waals surface area contributed by atoms with Crippen molar-refractivity contribution < 1.29 is 19.0 Å². The Morgan fingerprint density at radius 1 is 0.946 bits per heavy atom. The van der Waals surface area contributed by atoms with E-state index in [1.807, 2.05) is 42.5 Å². The van der Waals surface area contributed by atoms with Crippen molar-refractivity contribution in [3.8, 4) is 5.88 Å². The van der Waals surface area contributed by atoms with Crippen molar-refractivity contribution in [2.75, 3.05) is 12.4 Å². The molecule has 3 heterocycles. The van der Waals surface area contributed by atoms with Crippen LogP contribution in [0.4, 0.5) is 16.0 Å². The first-order valence-corrected chi connectivity index (χ1v) is 12.3. The summed E-state index contributed by atoms with van der Waals surface area (Å²) in [5, 5.41) is 12.8. The number of hydrogen-bond donors (Lipinski definition) is 2. The van der Waals surface area contributed by atoms with Gasteiger partial charge in [0, 0.05) is 18.9 Å². The number of aliphatic carboxylic acids is 1. The van der Waals surface area contributed by atoms with Gasteiger partial charge in [-0.1, -0.05) is 47.7 Å². The van der Waals surface area contributed by atoms with Crippen LogP contribution in [0.25, 0.3) is 10.3 Å². The van der Waals surface area contributed by atoms with Crippen molar-refractivity contribution in [1.29, 1.82) is 0 Å². The third-order valence-corrected chi connectivity index (χ3v) is 6.48. The lowest BCUT2D eigenvalue weighted by molar-refractivity contribution is -0.136. The van der Waals surface area contributed by atoms with Crippen molar-refractivity contribution in [2.24, 2.45) is 0 Å². The molecular weight excluding hydrogens is 493 g/mol. The Hall–Kier alpha value is -4.44. The van der Waals surface area contributed by atoms with Crippen molar-refractivity contribution >= 4 is 39.3 Å². The number of fused-ring (bicyclic) bond motifs is 1. The molecule has 0 fully saturated rings. The quantitative estimate of drug-likeness (QED) is 0.276. The number of carboxylic acid groups (broad SMARTS) is 1. The largest absolute Gasteiger partial charge is 0.481 e. The van der Waals surface area contributed by atoms with E-state index in [2.05, 4.69) is 25.3 Å². The number of carboxylic acids is 1. The molecule has 0 unspecified atom stereocenters. The molecule has 0 saturated carbocycles. The van der Waals surface area contributed by atoms with Crippen LogP contribution >= 0.6 is 11.3 Å². The molecule has 0 radical (unpaired) electrons. The Labute approximate surface area is 215 Å². The number of thiazole rings is 1. The minimum Gasteiger partial charge on any atom is -0.481 e. The fourth-order valence-electron chi connectivity index (χ4n) is 3.85. The number of nitrogens with zero attached hydrogens (tertiary/aromatic N) is 4. The summed E-state index contributed by atoms with van der Waals surface area (Å²) in [6.45, 7) is 0. The van der Waals surface area contributed by atoms with Crippen LogP contribution in [0.5, 0.6) is 5.88 Å². The molecule has 2 aromatic carbocycles. The van der Waals surface area contributed by atoms with E-state index < -0.39 is 11.8 Å². The van der Waals surface area contributed by atoms with Gasteiger partial charge in [-0.05, 0) is 35.4 Å². The van der Waals surface area contributed by atoms with Crippen LogP contribution in [0.3, 0.4) is 0 Å². The van der Waals surface area contributed by atoms with E-state index in [0.29, 0.717) is 24.3 Å². The molecule has 186 valence electrons. The summed E-state index contributed by atoms with van der Waals surface area (Å²) in [5.41, 5.74) is 3.88. The molecule has 0 aliphatic rings. The number of halogens is 1. The monoisotopic (exact) mass is 515 g/mol. The summed E-state index contributed by atoms with van der Waals surface area (Å²) in [5.74, 6) is -0.833. The van der Waals surface area contributed by atoms with Crippen molar-refractivity contribution in [3.05, 3.63) is 100 Å². The molecule has 0 atom stereocenters. The van der Waals surface area contributed by atoms with Gasteiger partial charge in [-0.2, -0.15) is 0 Å². The van der Waals surface area contributed by atoms with Crippen LogP contribution in [0, 0.1) is 5.82 Å². The molecule has 0 bridgehead atoms. The van der Waals surface area contributed by atoms with E-state index in [1.54, 1.807) is 19.2 Å². The van der Waals surface area contributed by atoms with E-state index >= 15 is 0 Å². The van der Waals surface area contributed by atoms with Gasteiger partial charge in [-0.15, -0.1) is 0 Å². The van der Waals surface area contributed by atoms with Gasteiger partial charge >= 0.3 is 5.97 Å². The van der Waals surface area contributed by atoms with Crippen LogP contribution < -0.4 is 10.1 Å². The number of rotatable bonds is 9. The summed E-state index contributed by atoms with van der Waals surface area (Å²) in [7, 11) is 1.57. The number of anilines is 2. The summed E-state index contributed by atoms with van der Waals surface area (Å²) in [4.78, 5) is 30.1. The predicted octanol–water partition coefficient (Wildman–Crippen LogP) is 5.18. The Morgan fingerprint density at radius 3 is 2.46 bits per heavy atom. The number of ether oxygens (including phenoxy) is 1. The second-order valence-corrected chi connectivity index (χ2v) is 9.37. The number of carbonyl (C=O) groups is 1. The molecule has 37 heavy (non-hydrogen) atoms. The summed E-state index contributed by atoms with van der Waals surface area (Å²) in [6, 6.07) is 19.7. The molecule has 5 aromatic rings. The lowest BCUT2D eigenvalue weighted by Crippen LogP contribution is -2.06. The van der Waals surface area contributed by atoms with Crippen molar-refractivity contribution in [1.82, 2.24) is 19.9 Å². The number of benzene rings is 2. The second kappa shape index (κ2) is 10.7. The van der Waals surface area contributed by atoms with E-state index in [4.69, 9.17) is 9.84 Å². The Balaban J connectivity index is 1.46. The first-order chi connectivity index (χ1) is 17.9. The Bertz CT molecular complexity index is 1580. The standard InChI is InChI=1S/C27H22FN5O3S/c1-36-23-10-9-22-26(33-23)37-24(31-22)15-19-14-18(11-16-5-3-2-4-6-16)29-27(30-19)32-21-8-7-17(12-20(21)28)13-25(34)35/h2-10,12,14H,11,13,15H2,1H3,(H,34,35)(H,29,30,32). The highest BCUT2D eigenvalue weighted by atomic mass is 32.1. The molecule has 0 spiro atoms. The van der Waals surface area contributed by atoms with E-state index in [9.17, 15) is 9.18 Å². The van der Waals surface area contributed by atoms with Gasteiger partial charge in [-0.25, -0.2) is 24.3 Å². The first kappa shape index (κ1) is 24.3. The van der Waals surface area contributed by atoms with Gasteiger partial charge in [0.1, 0.15) is 21.2 Å². The summed E-state index contributed by atoms with van der Waals surface area (Å²) >= 11 is 1.46. The van der Waals surface area contributed by atoms with Gasteiger partial charge in [-0.3, -0.25) is 4.79 Å². The molecule has 8 nitrogen and oxygen atoms in total. The molecule has 10 heteroatoms. The van der Waals surface area contributed by atoms with Crippen molar-refractivity contribution in [3.63, 3.8) is 0 Å². The third-order valence-electron chi connectivity index (χ3n) is 5.51. The van der Waals surface area contributed by atoms with Gasteiger partial charge in [0.25, 0.3) is 0 Å². The second-order valence-electron chi connectivity index (χ2n) is 8.31. The molecule has 5 rings (SSSR count). The summed E-state index contributed by atoms with van der Waals surface area (Å²) < 4.78 is 19.9. The highest BCUT2D eigenvalue weighted by Gasteiger charge is 2.13. The maximum absolute atomic E-state index is 14.7. The number of aromatic nitrogens is 4. The number of pyridine rings is 1. The van der Waals surface area contributed by atoms with Gasteiger partial charge in [0.05, 0.1) is 30.6 Å². The zero-order chi connectivity index (χ0) is 25.8. The lowest BCUT2D eigenvalue weighted by atomic mass is 10.1. The highest BCUT2D eigenvalue weighted by Crippen LogP contribution is 2.26. The van der Waals surface area contributed by atoms with Gasteiger partial charge in [0.15, 0.2) is 0 Å². The summed E-state index contributed by atoms with van der Waals surface area (Å²) in [6.07, 6.45) is 0.763. The lowest BCUT2D eigenvalue weighted by Gasteiger charge is -2.11. The molecule has 0 saturated heterocycles. The smallest absolute Gasteiger partial charge is 0.307 e. The zero-order valence-corrected chi connectivity index (χ0v) is 20.6. The zero-order valence-electron chi connectivity index (χ0n) is 19.8. The molecule has 0 amide bonds. The average Bonchev–Trinajstić information content (AvgIpc) is 3.27. The maximum atomic E-state index is 14.7. The first-order valence-electron chi connectivity index (χ1n) is 11.4. The fourth-order valence-corrected chi connectivity index (χ4v) is 4.79. The molecule has 0 aliphatic carbocycles. The molecule has 0 aliphatic heterocycles.